The van der Waals surface area contributed by atoms with Crippen molar-refractivity contribution in [2.45, 2.75) is 83.5 Å². The number of carbonyl (C=O) groups excluding carboxylic acids is 1. The minimum Gasteiger partial charge on any atom is -0.463 e. The highest BCUT2D eigenvalue weighted by molar-refractivity contribution is 6.91. The molecular formula is C29H46O6Si2. The Morgan fingerprint density at radius 1 is 0.919 bits per heavy atom. The second-order valence-electron chi connectivity index (χ2n) is 11.6. The molecule has 0 aliphatic heterocycles. The molecule has 0 spiro atoms. The van der Waals surface area contributed by atoms with Gasteiger partial charge in [0, 0.05) is 14.0 Å². The molecule has 0 heterocycles. The molecule has 8 heteroatoms. The Morgan fingerprint density at radius 2 is 1.49 bits per heavy atom. The van der Waals surface area contributed by atoms with Gasteiger partial charge in [-0.15, -0.1) is 0 Å². The first-order chi connectivity index (χ1) is 17.3. The monoisotopic (exact) mass is 546 g/mol. The van der Waals surface area contributed by atoms with E-state index in [1.807, 2.05) is 48.5 Å². The fourth-order valence-corrected chi connectivity index (χ4v) is 8.28. The van der Waals surface area contributed by atoms with E-state index < -0.39 is 34.3 Å². The van der Waals surface area contributed by atoms with Crippen molar-refractivity contribution in [1.29, 1.82) is 0 Å². The van der Waals surface area contributed by atoms with Crippen molar-refractivity contribution in [2.75, 3.05) is 20.5 Å². The molecule has 0 aliphatic rings. The Bertz CT molecular complexity index is 944. The summed E-state index contributed by atoms with van der Waals surface area (Å²) in [6, 6.07) is 20.3. The number of benzene rings is 2. The van der Waals surface area contributed by atoms with Crippen LogP contribution in [0.1, 0.15) is 33.3 Å². The first kappa shape index (κ1) is 31.4. The van der Waals surface area contributed by atoms with Crippen molar-refractivity contribution >= 4 is 27.5 Å². The topological polar surface area (TPSA) is 63.2 Å². The minimum atomic E-state index is -2.42. The molecule has 0 aromatic heterocycles. The lowest BCUT2D eigenvalue weighted by Gasteiger charge is -2.45. The average molecular weight is 547 g/mol. The number of esters is 1. The molecule has 2 aromatic carbocycles. The van der Waals surface area contributed by atoms with E-state index in [4.69, 9.17) is 23.4 Å². The van der Waals surface area contributed by atoms with Crippen LogP contribution in [0.25, 0.3) is 0 Å². The molecule has 37 heavy (non-hydrogen) atoms. The van der Waals surface area contributed by atoms with E-state index in [1.165, 1.54) is 12.1 Å². The summed E-state index contributed by atoms with van der Waals surface area (Å²) in [7, 11) is -3.07. The maximum absolute atomic E-state index is 12.4. The van der Waals surface area contributed by atoms with Gasteiger partial charge in [-0.25, -0.2) is 0 Å². The van der Waals surface area contributed by atoms with Crippen LogP contribution in [0.2, 0.25) is 31.2 Å². The molecule has 2 rings (SSSR count). The van der Waals surface area contributed by atoms with Gasteiger partial charge in [-0.3, -0.25) is 4.79 Å². The minimum absolute atomic E-state index is 0.0280. The Morgan fingerprint density at radius 3 is 2.00 bits per heavy atom. The molecule has 0 unspecified atom stereocenters. The van der Waals surface area contributed by atoms with E-state index in [9.17, 15) is 4.79 Å². The van der Waals surface area contributed by atoms with Crippen LogP contribution in [-0.4, -0.2) is 60.8 Å². The maximum atomic E-state index is 12.4. The van der Waals surface area contributed by atoms with Crippen molar-refractivity contribution < 1.29 is 28.2 Å². The molecular weight excluding hydrogens is 500 g/mol. The molecule has 0 bridgehead atoms. The Labute approximate surface area is 225 Å². The van der Waals surface area contributed by atoms with E-state index in [1.54, 1.807) is 7.11 Å². The van der Waals surface area contributed by atoms with Crippen LogP contribution in [0.3, 0.4) is 0 Å². The fraction of sp³-hybridized carbons (Fsp3) is 0.552. The SMILES string of the molecule is COCO[C@@H]([C@@H](COCc1ccccc1)O[Si](C)(C)C(C)(C)C)[C@H](OC(C)=O)[Si](C)(C)c1ccccc1. The summed E-state index contributed by atoms with van der Waals surface area (Å²) < 4.78 is 31.0. The molecule has 0 aliphatic carbocycles. The summed E-state index contributed by atoms with van der Waals surface area (Å²) >= 11 is 0. The third-order valence-corrected chi connectivity index (χ3v) is 15.4. The molecule has 2 aromatic rings. The number of rotatable bonds is 14. The highest BCUT2D eigenvalue weighted by Gasteiger charge is 2.49. The number of ether oxygens (including phenoxy) is 4. The fourth-order valence-electron chi connectivity index (χ4n) is 3.99. The van der Waals surface area contributed by atoms with Crippen LogP contribution in [-0.2, 0) is 34.8 Å². The maximum Gasteiger partial charge on any atom is 0.302 e. The first-order valence-electron chi connectivity index (χ1n) is 12.9. The van der Waals surface area contributed by atoms with Gasteiger partial charge >= 0.3 is 5.97 Å². The average Bonchev–Trinajstić information content (AvgIpc) is 2.83. The third kappa shape index (κ3) is 9.16. The third-order valence-electron chi connectivity index (χ3n) is 7.21. The summed E-state index contributed by atoms with van der Waals surface area (Å²) in [5.41, 5.74) is 0.566. The van der Waals surface area contributed by atoms with Gasteiger partial charge in [0.2, 0.25) is 0 Å². The molecule has 0 saturated heterocycles. The van der Waals surface area contributed by atoms with Crippen molar-refractivity contribution in [3.05, 3.63) is 66.2 Å². The first-order valence-corrected chi connectivity index (χ1v) is 18.9. The number of hydrogen-bond donors (Lipinski definition) is 0. The van der Waals surface area contributed by atoms with Crippen LogP contribution in [0.4, 0.5) is 0 Å². The second-order valence-corrected chi connectivity index (χ2v) is 20.9. The predicted molar refractivity (Wildman–Crippen MR) is 154 cm³/mol. The smallest absolute Gasteiger partial charge is 0.302 e. The van der Waals surface area contributed by atoms with Gasteiger partial charge in [-0.05, 0) is 23.7 Å². The van der Waals surface area contributed by atoms with Crippen molar-refractivity contribution in [3.8, 4) is 0 Å². The normalized spacial score (nSPS) is 15.2. The van der Waals surface area contributed by atoms with Gasteiger partial charge in [-0.1, -0.05) is 99.7 Å². The number of methoxy groups -OCH3 is 1. The largest absolute Gasteiger partial charge is 0.463 e. The molecule has 0 radical (unpaired) electrons. The van der Waals surface area contributed by atoms with E-state index in [0.717, 1.165) is 5.56 Å². The van der Waals surface area contributed by atoms with Crippen LogP contribution in [0, 0.1) is 0 Å². The van der Waals surface area contributed by atoms with Crippen LogP contribution >= 0.6 is 0 Å². The van der Waals surface area contributed by atoms with E-state index in [-0.39, 0.29) is 17.8 Å². The van der Waals surface area contributed by atoms with Crippen LogP contribution < -0.4 is 5.19 Å². The van der Waals surface area contributed by atoms with Crippen molar-refractivity contribution in [3.63, 3.8) is 0 Å². The van der Waals surface area contributed by atoms with Gasteiger partial charge in [0.1, 0.15) is 26.7 Å². The molecule has 6 nitrogen and oxygen atoms in total. The van der Waals surface area contributed by atoms with Gasteiger partial charge < -0.3 is 23.4 Å². The standard InChI is InChI=1S/C29H46O6Si2/c1-23(30)34-28(36(6,7)25-18-14-11-15-19-25)27(33-22-31-5)26(35-37(8,9)29(2,3)4)21-32-20-24-16-12-10-13-17-24/h10-19,26-28H,20-22H2,1-9H3/t26-,27+,28-/m1/s1. The lowest BCUT2D eigenvalue weighted by atomic mass is 10.2. The second kappa shape index (κ2) is 13.8. The van der Waals surface area contributed by atoms with Gasteiger partial charge in [-0.2, -0.15) is 0 Å². The van der Waals surface area contributed by atoms with Crippen molar-refractivity contribution in [2.24, 2.45) is 0 Å². The van der Waals surface area contributed by atoms with Gasteiger partial charge in [0.25, 0.3) is 0 Å². The van der Waals surface area contributed by atoms with Gasteiger partial charge in [0.15, 0.2) is 8.32 Å². The lowest BCUT2D eigenvalue weighted by molar-refractivity contribution is -0.170. The summed E-state index contributed by atoms with van der Waals surface area (Å²) in [6.07, 6.45) is -1.03. The van der Waals surface area contributed by atoms with Crippen molar-refractivity contribution in [1.82, 2.24) is 0 Å². The Balaban J connectivity index is 2.50. The van der Waals surface area contributed by atoms with Gasteiger partial charge in [0.05, 0.1) is 19.3 Å². The predicted octanol–water partition coefficient (Wildman–Crippen LogP) is 5.67. The number of carbonyl (C=O) groups is 1. The summed E-state index contributed by atoms with van der Waals surface area (Å²) in [5.74, 6) is -0.344. The zero-order valence-corrected chi connectivity index (χ0v) is 26.1. The highest BCUT2D eigenvalue weighted by Crippen LogP contribution is 2.38. The molecule has 0 amide bonds. The van der Waals surface area contributed by atoms with Crippen LogP contribution in [0.5, 0.6) is 0 Å². The number of hydrogen-bond acceptors (Lipinski definition) is 6. The summed E-state index contributed by atoms with van der Waals surface area (Å²) in [4.78, 5) is 12.4. The van der Waals surface area contributed by atoms with E-state index in [2.05, 4.69) is 59.1 Å². The summed E-state index contributed by atoms with van der Waals surface area (Å²) in [5, 5.41) is 1.14. The molecule has 0 N–H and O–H groups in total. The molecule has 3 atom stereocenters. The summed E-state index contributed by atoms with van der Waals surface area (Å²) in [6.45, 7) is 17.7. The zero-order valence-electron chi connectivity index (χ0n) is 24.1. The Kier molecular flexibility index (Phi) is 11.7. The molecule has 0 saturated carbocycles. The van der Waals surface area contributed by atoms with E-state index in [0.29, 0.717) is 13.2 Å². The lowest BCUT2D eigenvalue weighted by Crippen LogP contribution is -2.64. The Hall–Kier alpha value is -1.82. The molecule has 206 valence electrons. The zero-order chi connectivity index (χ0) is 27.7. The van der Waals surface area contributed by atoms with Crippen LogP contribution in [0.15, 0.2) is 60.7 Å². The highest BCUT2D eigenvalue weighted by atomic mass is 28.4. The quantitative estimate of drug-likeness (QED) is 0.173. The van der Waals surface area contributed by atoms with E-state index >= 15 is 0 Å². The molecule has 0 fully saturated rings.